The van der Waals surface area contributed by atoms with Crippen molar-refractivity contribution in [2.24, 2.45) is 5.73 Å². The molecule has 4 nitrogen and oxygen atoms in total. The molecule has 2 rings (SSSR count). The minimum atomic E-state index is -0.271. The van der Waals surface area contributed by atoms with Crippen molar-refractivity contribution >= 4 is 0 Å². The summed E-state index contributed by atoms with van der Waals surface area (Å²) in [7, 11) is 1.65. The lowest BCUT2D eigenvalue weighted by Crippen LogP contribution is -2.47. The van der Waals surface area contributed by atoms with Crippen molar-refractivity contribution in [1.29, 1.82) is 0 Å². The van der Waals surface area contributed by atoms with E-state index in [9.17, 15) is 0 Å². The van der Waals surface area contributed by atoms with E-state index in [2.05, 4.69) is 36.5 Å². The standard InChI is InChI=1S/C15H24N2O2/c1-11(12-6-4-3-5-7-12)17-10-13-8-9-14(16)15(18-2)19-13/h3-7,11,13-15,17H,8-10,16H2,1-2H3/t11-,13+,14-,15+/m1/s1. The van der Waals surface area contributed by atoms with E-state index in [-0.39, 0.29) is 18.4 Å². The number of methoxy groups -OCH3 is 1. The molecule has 1 aromatic rings. The summed E-state index contributed by atoms with van der Waals surface area (Å²) in [5, 5.41) is 3.51. The van der Waals surface area contributed by atoms with Crippen molar-refractivity contribution < 1.29 is 9.47 Å². The molecule has 1 aliphatic rings. The predicted molar refractivity (Wildman–Crippen MR) is 75.7 cm³/mol. The maximum Gasteiger partial charge on any atom is 0.172 e. The lowest BCUT2D eigenvalue weighted by Gasteiger charge is -2.34. The molecule has 0 radical (unpaired) electrons. The predicted octanol–water partition coefficient (Wildman–Crippen LogP) is 1.82. The normalized spacial score (nSPS) is 29.1. The molecule has 0 aromatic heterocycles. The van der Waals surface area contributed by atoms with Crippen molar-refractivity contribution in [2.75, 3.05) is 13.7 Å². The van der Waals surface area contributed by atoms with Gasteiger partial charge in [-0.3, -0.25) is 0 Å². The molecule has 0 spiro atoms. The fraction of sp³-hybridized carbons (Fsp3) is 0.600. The number of ether oxygens (including phenoxy) is 2. The molecule has 4 heteroatoms. The Labute approximate surface area is 115 Å². The van der Waals surface area contributed by atoms with Crippen molar-refractivity contribution in [3.05, 3.63) is 35.9 Å². The van der Waals surface area contributed by atoms with Gasteiger partial charge >= 0.3 is 0 Å². The van der Waals surface area contributed by atoms with Gasteiger partial charge < -0.3 is 20.5 Å². The number of hydrogen-bond donors (Lipinski definition) is 2. The second-order valence-corrected chi connectivity index (χ2v) is 5.14. The SMILES string of the molecule is CO[C@H]1O[C@H](CN[C@H](C)c2ccccc2)CC[C@H]1N. The number of nitrogens with one attached hydrogen (secondary N) is 1. The topological polar surface area (TPSA) is 56.5 Å². The highest BCUT2D eigenvalue weighted by atomic mass is 16.7. The van der Waals surface area contributed by atoms with Gasteiger partial charge in [0.15, 0.2) is 6.29 Å². The van der Waals surface area contributed by atoms with Crippen LogP contribution in [0.2, 0.25) is 0 Å². The molecule has 106 valence electrons. The summed E-state index contributed by atoms with van der Waals surface area (Å²) in [5.74, 6) is 0. The van der Waals surface area contributed by atoms with Crippen molar-refractivity contribution in [2.45, 2.75) is 44.2 Å². The molecule has 1 saturated heterocycles. The summed E-state index contributed by atoms with van der Waals surface area (Å²) in [4.78, 5) is 0. The second-order valence-electron chi connectivity index (χ2n) is 5.14. The third kappa shape index (κ3) is 4.01. The minimum absolute atomic E-state index is 0.00667. The zero-order chi connectivity index (χ0) is 13.7. The van der Waals surface area contributed by atoms with Crippen LogP contribution in [0.25, 0.3) is 0 Å². The Morgan fingerprint density at radius 1 is 1.37 bits per heavy atom. The Morgan fingerprint density at radius 3 is 2.79 bits per heavy atom. The molecule has 1 aliphatic heterocycles. The van der Waals surface area contributed by atoms with Gasteiger partial charge in [0.05, 0.1) is 12.1 Å². The van der Waals surface area contributed by atoms with Crippen LogP contribution in [-0.2, 0) is 9.47 Å². The third-order valence-corrected chi connectivity index (χ3v) is 3.68. The van der Waals surface area contributed by atoms with Crippen LogP contribution in [0.15, 0.2) is 30.3 Å². The third-order valence-electron chi connectivity index (χ3n) is 3.68. The van der Waals surface area contributed by atoms with Gasteiger partial charge in [-0.1, -0.05) is 30.3 Å². The van der Waals surface area contributed by atoms with Crippen LogP contribution in [0.4, 0.5) is 0 Å². The van der Waals surface area contributed by atoms with E-state index >= 15 is 0 Å². The molecule has 1 aromatic carbocycles. The molecule has 19 heavy (non-hydrogen) atoms. The maximum absolute atomic E-state index is 5.93. The molecule has 0 bridgehead atoms. The summed E-state index contributed by atoms with van der Waals surface area (Å²) in [6, 6.07) is 10.7. The monoisotopic (exact) mass is 264 g/mol. The van der Waals surface area contributed by atoms with Crippen LogP contribution in [-0.4, -0.2) is 32.1 Å². The molecule has 1 fully saturated rings. The molecule has 0 unspecified atom stereocenters. The fourth-order valence-corrected chi connectivity index (χ4v) is 2.42. The van der Waals surface area contributed by atoms with Crippen LogP contribution >= 0.6 is 0 Å². The van der Waals surface area contributed by atoms with E-state index in [4.69, 9.17) is 15.2 Å². The van der Waals surface area contributed by atoms with Crippen molar-refractivity contribution in [3.63, 3.8) is 0 Å². The molecule has 0 amide bonds. The van der Waals surface area contributed by atoms with Crippen molar-refractivity contribution in [1.82, 2.24) is 5.32 Å². The van der Waals surface area contributed by atoms with E-state index in [1.165, 1.54) is 5.56 Å². The Morgan fingerprint density at radius 2 is 2.11 bits per heavy atom. The van der Waals surface area contributed by atoms with Gasteiger partial charge in [-0.25, -0.2) is 0 Å². The fourth-order valence-electron chi connectivity index (χ4n) is 2.42. The largest absolute Gasteiger partial charge is 0.354 e. The second kappa shape index (κ2) is 7.01. The van der Waals surface area contributed by atoms with Gasteiger partial charge in [0.1, 0.15) is 0 Å². The van der Waals surface area contributed by atoms with Crippen molar-refractivity contribution in [3.8, 4) is 0 Å². The Kier molecular flexibility index (Phi) is 5.34. The summed E-state index contributed by atoms with van der Waals surface area (Å²) < 4.78 is 11.1. The number of hydrogen-bond acceptors (Lipinski definition) is 4. The lowest BCUT2D eigenvalue weighted by atomic mass is 10.0. The Bertz CT molecular complexity index is 372. The molecule has 3 N–H and O–H groups in total. The van der Waals surface area contributed by atoms with E-state index in [1.807, 2.05) is 6.07 Å². The summed E-state index contributed by atoms with van der Waals surface area (Å²) in [6.07, 6.45) is 1.84. The van der Waals surface area contributed by atoms with Crippen LogP contribution < -0.4 is 11.1 Å². The zero-order valence-electron chi connectivity index (χ0n) is 11.7. The molecule has 1 heterocycles. The maximum atomic E-state index is 5.93. The first-order valence-electron chi connectivity index (χ1n) is 6.93. The molecule has 4 atom stereocenters. The van der Waals surface area contributed by atoms with Crippen LogP contribution in [0.1, 0.15) is 31.4 Å². The first-order chi connectivity index (χ1) is 9.20. The van der Waals surface area contributed by atoms with Gasteiger partial charge in [0.2, 0.25) is 0 Å². The van der Waals surface area contributed by atoms with E-state index in [1.54, 1.807) is 7.11 Å². The van der Waals surface area contributed by atoms with Crippen LogP contribution in [0, 0.1) is 0 Å². The van der Waals surface area contributed by atoms with Gasteiger partial charge in [-0.05, 0) is 25.3 Å². The molecular formula is C15H24N2O2. The molecule has 0 aliphatic carbocycles. The number of benzene rings is 1. The highest BCUT2D eigenvalue weighted by Gasteiger charge is 2.28. The molecule has 0 saturated carbocycles. The van der Waals surface area contributed by atoms with Gasteiger partial charge in [-0.15, -0.1) is 0 Å². The average molecular weight is 264 g/mol. The van der Waals surface area contributed by atoms with Gasteiger partial charge in [0.25, 0.3) is 0 Å². The van der Waals surface area contributed by atoms with E-state index < -0.39 is 0 Å². The highest BCUT2D eigenvalue weighted by molar-refractivity contribution is 5.18. The number of nitrogens with two attached hydrogens (primary N) is 1. The van der Waals surface area contributed by atoms with Gasteiger partial charge in [-0.2, -0.15) is 0 Å². The zero-order valence-corrected chi connectivity index (χ0v) is 11.7. The summed E-state index contributed by atoms with van der Waals surface area (Å²) >= 11 is 0. The Balaban J connectivity index is 1.79. The highest BCUT2D eigenvalue weighted by Crippen LogP contribution is 2.19. The van der Waals surface area contributed by atoms with Gasteiger partial charge in [0, 0.05) is 19.7 Å². The Hall–Kier alpha value is -0.940. The first-order valence-corrected chi connectivity index (χ1v) is 6.93. The molecular weight excluding hydrogens is 240 g/mol. The summed E-state index contributed by atoms with van der Waals surface area (Å²) in [6.45, 7) is 2.99. The van der Waals surface area contributed by atoms with Crippen LogP contribution in [0.3, 0.4) is 0 Å². The van der Waals surface area contributed by atoms with E-state index in [0.717, 1.165) is 19.4 Å². The average Bonchev–Trinajstić information content (AvgIpc) is 2.47. The smallest absolute Gasteiger partial charge is 0.172 e. The number of rotatable bonds is 5. The first kappa shape index (κ1) is 14.5. The van der Waals surface area contributed by atoms with E-state index in [0.29, 0.717) is 6.04 Å². The summed E-state index contributed by atoms with van der Waals surface area (Å²) in [5.41, 5.74) is 7.22. The lowest BCUT2D eigenvalue weighted by molar-refractivity contribution is -0.187. The minimum Gasteiger partial charge on any atom is -0.354 e. The van der Waals surface area contributed by atoms with Crippen LogP contribution in [0.5, 0.6) is 0 Å². The quantitative estimate of drug-likeness (QED) is 0.851.